The quantitative estimate of drug-likeness (QED) is 0.459. The highest BCUT2D eigenvalue weighted by molar-refractivity contribution is 5.80. The van der Waals surface area contributed by atoms with Crippen molar-refractivity contribution < 1.29 is 5.11 Å². The van der Waals surface area contributed by atoms with Crippen LogP contribution in [0.1, 0.15) is 46.0 Å². The van der Waals surface area contributed by atoms with Crippen LogP contribution in [0.4, 0.5) is 0 Å². The molecule has 0 amide bonds. The number of aliphatic hydroxyl groups excluding tert-OH is 1. The van der Waals surface area contributed by atoms with Gasteiger partial charge in [0.15, 0.2) is 5.96 Å². The predicted molar refractivity (Wildman–Crippen MR) is 92.2 cm³/mol. The van der Waals surface area contributed by atoms with Crippen molar-refractivity contribution in [3.63, 3.8) is 0 Å². The van der Waals surface area contributed by atoms with Crippen molar-refractivity contribution in [3.05, 3.63) is 0 Å². The van der Waals surface area contributed by atoms with E-state index in [2.05, 4.69) is 29.0 Å². The Morgan fingerprint density at radius 3 is 2.68 bits per heavy atom. The third kappa shape index (κ3) is 5.76. The Hall–Kier alpha value is -0.810. The van der Waals surface area contributed by atoms with Gasteiger partial charge in [-0.25, -0.2) is 0 Å². The van der Waals surface area contributed by atoms with Gasteiger partial charge in [0.1, 0.15) is 0 Å². The third-order valence-electron chi connectivity index (χ3n) is 4.74. The number of hydrogen-bond acceptors (Lipinski definition) is 3. The van der Waals surface area contributed by atoms with Crippen LogP contribution in [0.3, 0.4) is 0 Å². The number of nitrogens with zero attached hydrogens (tertiary/aromatic N) is 3. The Bertz CT molecular complexity index is 340. The number of aliphatic imine (C=N–C) groups is 1. The molecule has 0 aromatic rings. The molecule has 2 aliphatic heterocycles. The van der Waals surface area contributed by atoms with E-state index in [0.717, 1.165) is 77.0 Å². The van der Waals surface area contributed by atoms with Gasteiger partial charge in [-0.2, -0.15) is 0 Å². The summed E-state index contributed by atoms with van der Waals surface area (Å²) in [5.41, 5.74) is 0. The molecule has 0 bridgehead atoms. The first kappa shape index (κ1) is 17.5. The third-order valence-corrected chi connectivity index (χ3v) is 4.74. The van der Waals surface area contributed by atoms with Gasteiger partial charge in [0.25, 0.3) is 0 Å². The van der Waals surface area contributed by atoms with E-state index in [4.69, 9.17) is 4.99 Å². The number of aliphatic hydroxyl groups is 1. The van der Waals surface area contributed by atoms with Crippen molar-refractivity contribution in [2.45, 2.75) is 52.1 Å². The van der Waals surface area contributed by atoms with E-state index in [1.165, 1.54) is 12.8 Å². The second kappa shape index (κ2) is 9.36. The van der Waals surface area contributed by atoms with Crippen LogP contribution in [0, 0.1) is 5.92 Å². The molecule has 0 saturated carbocycles. The van der Waals surface area contributed by atoms with E-state index in [1.54, 1.807) is 0 Å². The molecule has 0 aromatic carbocycles. The topological polar surface area (TPSA) is 51.1 Å². The summed E-state index contributed by atoms with van der Waals surface area (Å²) >= 11 is 0. The lowest BCUT2D eigenvalue weighted by Gasteiger charge is -2.33. The first-order chi connectivity index (χ1) is 10.7. The molecule has 0 aliphatic carbocycles. The first-order valence-corrected chi connectivity index (χ1v) is 9.12. The molecule has 2 aliphatic rings. The molecule has 2 heterocycles. The van der Waals surface area contributed by atoms with E-state index in [0.29, 0.717) is 0 Å². The van der Waals surface area contributed by atoms with Crippen LogP contribution in [0.25, 0.3) is 0 Å². The van der Waals surface area contributed by atoms with Crippen LogP contribution < -0.4 is 5.32 Å². The predicted octanol–water partition coefficient (Wildman–Crippen LogP) is 1.53. The second-order valence-electron chi connectivity index (χ2n) is 6.86. The highest BCUT2D eigenvalue weighted by Crippen LogP contribution is 2.15. The van der Waals surface area contributed by atoms with Gasteiger partial charge < -0.3 is 20.2 Å². The highest BCUT2D eigenvalue weighted by atomic mass is 16.3. The molecule has 22 heavy (non-hydrogen) atoms. The van der Waals surface area contributed by atoms with Crippen molar-refractivity contribution in [2.75, 3.05) is 45.8 Å². The van der Waals surface area contributed by atoms with Crippen LogP contribution in [0.2, 0.25) is 0 Å². The molecular formula is C17H34N4O. The molecule has 128 valence electrons. The van der Waals surface area contributed by atoms with Gasteiger partial charge in [-0.1, -0.05) is 6.92 Å². The summed E-state index contributed by atoms with van der Waals surface area (Å²) in [6, 6.07) is 0. The summed E-state index contributed by atoms with van der Waals surface area (Å²) in [6.45, 7) is 11.8. The molecular weight excluding hydrogens is 276 g/mol. The number of hydrogen-bond donors (Lipinski definition) is 2. The van der Waals surface area contributed by atoms with Gasteiger partial charge in [0.05, 0.1) is 6.10 Å². The molecule has 0 aromatic heterocycles. The Morgan fingerprint density at radius 1 is 1.23 bits per heavy atom. The minimum Gasteiger partial charge on any atom is -0.393 e. The smallest absolute Gasteiger partial charge is 0.193 e. The molecule has 2 rings (SSSR count). The largest absolute Gasteiger partial charge is 0.393 e. The Labute approximate surface area is 135 Å². The van der Waals surface area contributed by atoms with E-state index < -0.39 is 0 Å². The number of nitrogens with one attached hydrogen (secondary N) is 1. The lowest BCUT2D eigenvalue weighted by molar-refractivity contribution is 0.0824. The molecule has 1 atom stereocenters. The first-order valence-electron chi connectivity index (χ1n) is 9.12. The Balaban J connectivity index is 1.72. The molecule has 5 heteroatoms. The minimum absolute atomic E-state index is 0.0734. The van der Waals surface area contributed by atoms with Gasteiger partial charge >= 0.3 is 0 Å². The lowest BCUT2D eigenvalue weighted by atomic mass is 10.0. The standard InChI is InChI=1S/C17H34N4O/c1-3-18-17(21-11-4-6-15(2)14-21)19-9-5-10-20-12-7-16(22)8-13-20/h15-16,22H,3-14H2,1-2H3,(H,18,19). The van der Waals surface area contributed by atoms with Crippen LogP contribution >= 0.6 is 0 Å². The Morgan fingerprint density at radius 2 is 2.00 bits per heavy atom. The van der Waals surface area contributed by atoms with Gasteiger partial charge in [-0.3, -0.25) is 4.99 Å². The number of likely N-dealkylation sites (tertiary alicyclic amines) is 2. The number of guanidine groups is 1. The van der Waals surface area contributed by atoms with Crippen LogP contribution in [-0.2, 0) is 0 Å². The van der Waals surface area contributed by atoms with Crippen LogP contribution in [-0.4, -0.2) is 72.8 Å². The molecule has 2 fully saturated rings. The fraction of sp³-hybridized carbons (Fsp3) is 0.941. The van der Waals surface area contributed by atoms with Crippen molar-refractivity contribution in [2.24, 2.45) is 10.9 Å². The maximum Gasteiger partial charge on any atom is 0.193 e. The fourth-order valence-corrected chi connectivity index (χ4v) is 3.43. The zero-order valence-corrected chi connectivity index (χ0v) is 14.4. The average Bonchev–Trinajstić information content (AvgIpc) is 2.52. The molecule has 1 unspecified atom stereocenters. The summed E-state index contributed by atoms with van der Waals surface area (Å²) in [5.74, 6) is 1.88. The summed E-state index contributed by atoms with van der Waals surface area (Å²) in [4.78, 5) is 9.71. The van der Waals surface area contributed by atoms with Crippen LogP contribution in [0.15, 0.2) is 4.99 Å². The second-order valence-corrected chi connectivity index (χ2v) is 6.86. The maximum atomic E-state index is 9.53. The SMILES string of the molecule is CCNC(=NCCCN1CCC(O)CC1)N1CCCC(C)C1. The van der Waals surface area contributed by atoms with E-state index in [-0.39, 0.29) is 6.10 Å². The molecule has 2 N–H and O–H groups in total. The van der Waals surface area contributed by atoms with Gasteiger partial charge in [0.2, 0.25) is 0 Å². The van der Waals surface area contributed by atoms with Crippen molar-refractivity contribution in [3.8, 4) is 0 Å². The number of piperidine rings is 2. The average molecular weight is 310 g/mol. The summed E-state index contributed by atoms with van der Waals surface area (Å²) in [7, 11) is 0. The normalized spacial score (nSPS) is 25.5. The zero-order valence-electron chi connectivity index (χ0n) is 14.4. The van der Waals surface area contributed by atoms with Crippen molar-refractivity contribution in [1.82, 2.24) is 15.1 Å². The van der Waals surface area contributed by atoms with E-state index in [9.17, 15) is 5.11 Å². The van der Waals surface area contributed by atoms with Gasteiger partial charge in [0, 0.05) is 39.3 Å². The van der Waals surface area contributed by atoms with Crippen LogP contribution in [0.5, 0.6) is 0 Å². The lowest BCUT2D eigenvalue weighted by Crippen LogP contribution is -2.46. The molecule has 0 spiro atoms. The van der Waals surface area contributed by atoms with E-state index in [1.807, 2.05) is 0 Å². The highest BCUT2D eigenvalue weighted by Gasteiger charge is 2.19. The summed E-state index contributed by atoms with van der Waals surface area (Å²) in [6.07, 6.45) is 5.51. The maximum absolute atomic E-state index is 9.53. The van der Waals surface area contributed by atoms with Gasteiger partial charge in [-0.05, 0) is 51.5 Å². The van der Waals surface area contributed by atoms with Crippen molar-refractivity contribution in [1.29, 1.82) is 0 Å². The molecule has 2 saturated heterocycles. The monoisotopic (exact) mass is 310 g/mol. The van der Waals surface area contributed by atoms with E-state index >= 15 is 0 Å². The molecule has 0 radical (unpaired) electrons. The molecule has 5 nitrogen and oxygen atoms in total. The number of rotatable bonds is 5. The minimum atomic E-state index is -0.0734. The zero-order chi connectivity index (χ0) is 15.8. The Kier molecular flexibility index (Phi) is 7.46. The fourth-order valence-electron chi connectivity index (χ4n) is 3.43. The van der Waals surface area contributed by atoms with Gasteiger partial charge in [-0.15, -0.1) is 0 Å². The summed E-state index contributed by atoms with van der Waals surface area (Å²) in [5, 5.41) is 13.0. The van der Waals surface area contributed by atoms with Crippen molar-refractivity contribution >= 4 is 5.96 Å². The summed E-state index contributed by atoms with van der Waals surface area (Å²) < 4.78 is 0.